The van der Waals surface area contributed by atoms with Gasteiger partial charge in [-0.05, 0) is 103 Å². The molecule has 0 radical (unpaired) electrons. The Bertz CT molecular complexity index is 1270. The number of hydrogen-bond donors (Lipinski definition) is 1. The summed E-state index contributed by atoms with van der Waals surface area (Å²) in [7, 11) is 0. The molecule has 39 heavy (non-hydrogen) atoms. The van der Waals surface area contributed by atoms with Gasteiger partial charge in [-0.3, -0.25) is 9.59 Å². The predicted octanol–water partition coefficient (Wildman–Crippen LogP) is 7.73. The molecular formula is C35H48O4. The number of carbonyl (C=O) groups excluding carboxylic acids is 3. The van der Waals surface area contributed by atoms with Crippen molar-refractivity contribution in [2.45, 2.75) is 107 Å². The second-order valence-electron chi connectivity index (χ2n) is 15.6. The van der Waals surface area contributed by atoms with E-state index in [2.05, 4.69) is 34.6 Å². The van der Waals surface area contributed by atoms with Gasteiger partial charge in [-0.2, -0.15) is 0 Å². The molecule has 7 unspecified atom stereocenters. The zero-order valence-corrected chi connectivity index (χ0v) is 25.4. The Morgan fingerprint density at radius 3 is 2.33 bits per heavy atom. The molecule has 1 spiro atoms. The summed E-state index contributed by atoms with van der Waals surface area (Å²) >= 11 is 0. The van der Waals surface area contributed by atoms with Gasteiger partial charge in [0.25, 0.3) is 0 Å². The maximum atomic E-state index is 15.0. The molecule has 0 aromatic heterocycles. The average molecular weight is 533 g/mol. The van der Waals surface area contributed by atoms with Gasteiger partial charge in [-0.25, -0.2) is 0 Å². The lowest BCUT2D eigenvalue weighted by molar-refractivity contribution is -0.124. The van der Waals surface area contributed by atoms with Gasteiger partial charge >= 0.3 is 0 Å². The highest BCUT2D eigenvalue weighted by Crippen LogP contribution is 2.78. The molecule has 3 fully saturated rings. The van der Waals surface area contributed by atoms with Crippen molar-refractivity contribution in [1.29, 1.82) is 0 Å². The summed E-state index contributed by atoms with van der Waals surface area (Å²) in [4.78, 5) is 41.0. The molecule has 6 aliphatic carbocycles. The summed E-state index contributed by atoms with van der Waals surface area (Å²) in [5.41, 5.74) is 3.57. The minimum atomic E-state index is -0.626. The number of fused-ring (bicyclic) bond motifs is 5. The predicted molar refractivity (Wildman–Crippen MR) is 153 cm³/mol. The summed E-state index contributed by atoms with van der Waals surface area (Å²) in [6, 6.07) is 0. The highest BCUT2D eigenvalue weighted by Gasteiger charge is 2.75. The van der Waals surface area contributed by atoms with Crippen molar-refractivity contribution in [3.63, 3.8) is 0 Å². The quantitative estimate of drug-likeness (QED) is 0.380. The molecule has 0 heterocycles. The number of carbonyl (C=O) groups is 3. The van der Waals surface area contributed by atoms with E-state index in [4.69, 9.17) is 0 Å². The van der Waals surface area contributed by atoms with Crippen molar-refractivity contribution in [1.82, 2.24) is 0 Å². The number of aliphatic hydroxyl groups excluding tert-OH is 1. The summed E-state index contributed by atoms with van der Waals surface area (Å²) < 4.78 is 0. The van der Waals surface area contributed by atoms with Crippen LogP contribution < -0.4 is 0 Å². The third kappa shape index (κ3) is 3.38. The van der Waals surface area contributed by atoms with E-state index in [-0.39, 0.29) is 51.7 Å². The van der Waals surface area contributed by atoms with Gasteiger partial charge in [0.2, 0.25) is 5.78 Å². The lowest BCUT2D eigenvalue weighted by atomic mass is 9.48. The van der Waals surface area contributed by atoms with E-state index in [1.165, 1.54) is 0 Å². The van der Waals surface area contributed by atoms with Crippen LogP contribution in [0.2, 0.25) is 0 Å². The van der Waals surface area contributed by atoms with E-state index in [0.717, 1.165) is 67.2 Å². The van der Waals surface area contributed by atoms with Crippen LogP contribution in [0.4, 0.5) is 0 Å². The zero-order valence-electron chi connectivity index (χ0n) is 25.4. The van der Waals surface area contributed by atoms with Crippen LogP contribution in [0.15, 0.2) is 33.6 Å². The molecule has 0 amide bonds. The largest absolute Gasteiger partial charge is 0.504 e. The van der Waals surface area contributed by atoms with Crippen LogP contribution in [-0.2, 0) is 14.4 Å². The summed E-state index contributed by atoms with van der Waals surface area (Å²) in [5, 5.41) is 11.7. The highest BCUT2D eigenvalue weighted by atomic mass is 16.3. The van der Waals surface area contributed by atoms with Crippen molar-refractivity contribution >= 4 is 17.3 Å². The Balaban J connectivity index is 1.53. The number of Topliss-reactive ketones (excluding diaryl/α,β-unsaturated/α-hetero) is 3. The Kier molecular flexibility index (Phi) is 5.95. The first-order chi connectivity index (χ1) is 18.2. The molecule has 0 aromatic carbocycles. The molecule has 6 rings (SSSR count). The molecule has 0 aromatic rings. The molecule has 0 aliphatic heterocycles. The lowest BCUT2D eigenvalue weighted by Gasteiger charge is -2.55. The standard InChI is InChI=1S/C35H48O4/c1-17(2)20(11-10-19(5)36)25-21-12-15-35(27(21)25)28-24(18(3)4)30(37)31(38)29-26(28)22(32(35)39)16-23-33(6,7)13-9-14-34(23,29)8/h17-18,20-21,23,25,27,38H,9-16H2,1-8H3. The van der Waals surface area contributed by atoms with Gasteiger partial charge in [0, 0.05) is 28.6 Å². The van der Waals surface area contributed by atoms with Gasteiger partial charge in [-0.15, -0.1) is 0 Å². The van der Waals surface area contributed by atoms with Crippen LogP contribution in [-0.4, -0.2) is 22.5 Å². The zero-order chi connectivity index (χ0) is 28.4. The number of hydrogen-bond acceptors (Lipinski definition) is 4. The van der Waals surface area contributed by atoms with Crippen LogP contribution in [0.1, 0.15) is 107 Å². The van der Waals surface area contributed by atoms with Crippen molar-refractivity contribution in [3.8, 4) is 0 Å². The fourth-order valence-corrected chi connectivity index (χ4v) is 10.9. The second kappa shape index (κ2) is 8.52. The Hall–Kier alpha value is -1.97. The lowest BCUT2D eigenvalue weighted by Crippen LogP contribution is -2.47. The topological polar surface area (TPSA) is 71.4 Å². The molecule has 4 nitrogen and oxygen atoms in total. The van der Waals surface area contributed by atoms with Crippen LogP contribution in [0.25, 0.3) is 0 Å². The third-order valence-corrected chi connectivity index (χ3v) is 12.5. The van der Waals surface area contributed by atoms with E-state index in [1.807, 2.05) is 13.8 Å². The molecule has 3 saturated carbocycles. The normalized spacial score (nSPS) is 39.1. The van der Waals surface area contributed by atoms with E-state index in [9.17, 15) is 19.5 Å². The summed E-state index contributed by atoms with van der Waals surface area (Å²) in [6.45, 7) is 17.2. The molecular weight excluding hydrogens is 484 g/mol. The number of allylic oxidation sites excluding steroid dienone is 5. The Morgan fingerprint density at radius 1 is 1.03 bits per heavy atom. The second-order valence-corrected chi connectivity index (χ2v) is 15.6. The van der Waals surface area contributed by atoms with Crippen molar-refractivity contribution in [2.75, 3.05) is 0 Å². The average Bonchev–Trinajstić information content (AvgIpc) is 3.32. The fourth-order valence-electron chi connectivity index (χ4n) is 10.9. The Labute approximate surface area is 234 Å². The van der Waals surface area contributed by atoms with Gasteiger partial charge in [0.1, 0.15) is 5.78 Å². The highest BCUT2D eigenvalue weighted by molar-refractivity contribution is 6.18. The van der Waals surface area contributed by atoms with Gasteiger partial charge in [0.15, 0.2) is 11.5 Å². The molecule has 0 bridgehead atoms. The van der Waals surface area contributed by atoms with Crippen LogP contribution >= 0.6 is 0 Å². The van der Waals surface area contributed by atoms with Gasteiger partial charge in [-0.1, -0.05) is 54.9 Å². The van der Waals surface area contributed by atoms with E-state index in [0.29, 0.717) is 35.7 Å². The molecule has 4 heteroatoms. The number of ketones is 3. The van der Waals surface area contributed by atoms with Gasteiger partial charge < -0.3 is 9.90 Å². The minimum absolute atomic E-state index is 0.0375. The Morgan fingerprint density at radius 2 is 1.72 bits per heavy atom. The van der Waals surface area contributed by atoms with Crippen molar-refractivity contribution in [3.05, 3.63) is 33.6 Å². The third-order valence-electron chi connectivity index (χ3n) is 12.5. The maximum Gasteiger partial charge on any atom is 0.224 e. The van der Waals surface area contributed by atoms with Crippen LogP contribution in [0, 0.1) is 57.7 Å². The smallest absolute Gasteiger partial charge is 0.224 e. The molecule has 1 N–H and O–H groups in total. The first-order valence-corrected chi connectivity index (χ1v) is 15.7. The van der Waals surface area contributed by atoms with Crippen molar-refractivity contribution < 1.29 is 19.5 Å². The SMILES string of the molecule is CC(=O)CCC(C(C)C)C1C2CCC3(C(=O)C4=C5C(=C(O)C(=O)C(C(C)C)=C53)C3(C)CCCC(C)(C)C3C4)C21. The molecule has 6 aliphatic rings. The number of aliphatic hydroxyl groups is 1. The first-order valence-electron chi connectivity index (χ1n) is 15.7. The fraction of sp³-hybridized carbons (Fsp3) is 0.743. The van der Waals surface area contributed by atoms with E-state index < -0.39 is 5.41 Å². The van der Waals surface area contributed by atoms with Crippen LogP contribution in [0.5, 0.6) is 0 Å². The van der Waals surface area contributed by atoms with E-state index >= 15 is 0 Å². The van der Waals surface area contributed by atoms with E-state index in [1.54, 1.807) is 6.92 Å². The molecule has 0 saturated heterocycles. The molecule has 7 atom stereocenters. The maximum absolute atomic E-state index is 15.0. The van der Waals surface area contributed by atoms with Crippen LogP contribution in [0.3, 0.4) is 0 Å². The first kappa shape index (κ1) is 27.2. The number of rotatable bonds is 6. The van der Waals surface area contributed by atoms with Gasteiger partial charge in [0.05, 0.1) is 5.41 Å². The van der Waals surface area contributed by atoms with Crippen molar-refractivity contribution in [2.24, 2.45) is 57.7 Å². The molecule has 212 valence electrons. The monoisotopic (exact) mass is 532 g/mol. The summed E-state index contributed by atoms with van der Waals surface area (Å²) in [5.74, 6) is 2.41. The minimum Gasteiger partial charge on any atom is -0.504 e. The summed E-state index contributed by atoms with van der Waals surface area (Å²) in [6.07, 6.45) is 7.22.